The molecule has 1 atom stereocenters. The van der Waals surface area contributed by atoms with Crippen molar-refractivity contribution in [3.63, 3.8) is 0 Å². The summed E-state index contributed by atoms with van der Waals surface area (Å²) in [5.74, 6) is 0.0835. The topological polar surface area (TPSA) is 45.2 Å². The van der Waals surface area contributed by atoms with E-state index in [1.807, 2.05) is 12.3 Å². The Morgan fingerprint density at radius 2 is 2.43 bits per heavy atom. The number of carbonyl (C=O) groups is 1. The van der Waals surface area contributed by atoms with E-state index in [1.165, 1.54) is 0 Å². The van der Waals surface area contributed by atoms with E-state index in [9.17, 15) is 4.79 Å². The minimum atomic E-state index is -0.160. The molecule has 0 fully saturated rings. The van der Waals surface area contributed by atoms with E-state index >= 15 is 0 Å². The zero-order valence-corrected chi connectivity index (χ0v) is 9.47. The van der Waals surface area contributed by atoms with Gasteiger partial charge in [-0.25, -0.2) is 4.98 Å². The van der Waals surface area contributed by atoms with Crippen molar-refractivity contribution in [1.29, 1.82) is 0 Å². The van der Waals surface area contributed by atoms with Crippen molar-refractivity contribution in [2.24, 2.45) is 0 Å². The third-order valence-corrected chi connectivity index (χ3v) is 2.52. The van der Waals surface area contributed by atoms with Crippen molar-refractivity contribution < 1.29 is 4.79 Å². The summed E-state index contributed by atoms with van der Waals surface area (Å²) in [7, 11) is 3.51. The molecule has 1 heterocycles. The quantitative estimate of drug-likeness (QED) is 0.801. The largest absolute Gasteiger partial charge is 0.347 e. The van der Waals surface area contributed by atoms with Gasteiger partial charge >= 0.3 is 0 Å². The van der Waals surface area contributed by atoms with Gasteiger partial charge in [0, 0.05) is 26.0 Å². The highest BCUT2D eigenvalue weighted by molar-refractivity contribution is 7.07. The van der Waals surface area contributed by atoms with Crippen LogP contribution in [0.4, 0.5) is 0 Å². The number of hydrogen-bond donors (Lipinski definition) is 1. The highest BCUT2D eigenvalue weighted by atomic mass is 32.1. The second kappa shape index (κ2) is 5.07. The van der Waals surface area contributed by atoms with Gasteiger partial charge in [-0.15, -0.1) is 11.3 Å². The van der Waals surface area contributed by atoms with Gasteiger partial charge in [-0.1, -0.05) is 0 Å². The van der Waals surface area contributed by atoms with Crippen LogP contribution in [0.2, 0.25) is 0 Å². The lowest BCUT2D eigenvalue weighted by atomic mass is 10.3. The number of nitrogens with one attached hydrogen (secondary N) is 1. The first-order valence-corrected chi connectivity index (χ1v) is 5.37. The monoisotopic (exact) mass is 213 g/mol. The van der Waals surface area contributed by atoms with Crippen LogP contribution in [-0.4, -0.2) is 35.9 Å². The van der Waals surface area contributed by atoms with E-state index in [1.54, 1.807) is 35.8 Å². The fraction of sp³-hybridized carbons (Fsp3) is 0.556. The molecular weight excluding hydrogens is 198 g/mol. The molecule has 1 aromatic rings. The number of nitrogens with zero attached hydrogens (tertiary/aromatic N) is 2. The summed E-state index contributed by atoms with van der Waals surface area (Å²) in [4.78, 5) is 17.2. The van der Waals surface area contributed by atoms with Gasteiger partial charge in [0.2, 0.25) is 5.91 Å². The normalized spacial score (nSPS) is 12.5. The molecule has 4 nitrogen and oxygen atoms in total. The van der Waals surface area contributed by atoms with Gasteiger partial charge in [0.05, 0.1) is 17.2 Å². The van der Waals surface area contributed by atoms with Crippen LogP contribution in [0.25, 0.3) is 0 Å². The van der Waals surface area contributed by atoms with Crippen LogP contribution >= 0.6 is 11.3 Å². The van der Waals surface area contributed by atoms with Crippen molar-refractivity contribution in [2.45, 2.75) is 19.5 Å². The third kappa shape index (κ3) is 3.08. The van der Waals surface area contributed by atoms with Gasteiger partial charge in [-0.3, -0.25) is 4.79 Å². The van der Waals surface area contributed by atoms with Crippen LogP contribution in [0, 0.1) is 0 Å². The SMILES string of the molecule is CC(NCc1cscn1)C(=O)N(C)C. The van der Waals surface area contributed by atoms with Crippen LogP contribution in [-0.2, 0) is 11.3 Å². The Morgan fingerprint density at radius 3 is 2.93 bits per heavy atom. The zero-order valence-electron chi connectivity index (χ0n) is 8.65. The molecule has 0 radical (unpaired) electrons. The van der Waals surface area contributed by atoms with Crippen LogP contribution in [0.15, 0.2) is 10.9 Å². The molecule has 0 saturated carbocycles. The highest BCUT2D eigenvalue weighted by Gasteiger charge is 2.13. The van der Waals surface area contributed by atoms with Gasteiger partial charge in [0.15, 0.2) is 0 Å². The Bertz CT molecular complexity index is 284. The first-order valence-electron chi connectivity index (χ1n) is 4.43. The summed E-state index contributed by atoms with van der Waals surface area (Å²) in [5.41, 5.74) is 2.77. The zero-order chi connectivity index (χ0) is 10.6. The van der Waals surface area contributed by atoms with E-state index in [0.29, 0.717) is 6.54 Å². The number of thiazole rings is 1. The summed E-state index contributed by atoms with van der Waals surface area (Å²) in [6.07, 6.45) is 0. The van der Waals surface area contributed by atoms with Gasteiger partial charge in [0.25, 0.3) is 0 Å². The molecule has 0 aliphatic carbocycles. The summed E-state index contributed by atoms with van der Waals surface area (Å²) < 4.78 is 0. The van der Waals surface area contributed by atoms with Crippen molar-refractivity contribution in [1.82, 2.24) is 15.2 Å². The van der Waals surface area contributed by atoms with Crippen LogP contribution in [0.3, 0.4) is 0 Å². The molecule has 1 rings (SSSR count). The number of aromatic nitrogens is 1. The molecular formula is C9H15N3OS. The molecule has 1 amide bonds. The Morgan fingerprint density at radius 1 is 1.71 bits per heavy atom. The fourth-order valence-corrected chi connectivity index (χ4v) is 1.62. The maximum atomic E-state index is 11.4. The number of rotatable bonds is 4. The summed E-state index contributed by atoms with van der Waals surface area (Å²) in [6.45, 7) is 2.50. The predicted molar refractivity (Wildman–Crippen MR) is 57.1 cm³/mol. The first kappa shape index (κ1) is 11.1. The average Bonchev–Trinajstić information content (AvgIpc) is 2.65. The maximum absolute atomic E-state index is 11.4. The second-order valence-corrected chi connectivity index (χ2v) is 4.03. The third-order valence-electron chi connectivity index (χ3n) is 1.88. The maximum Gasteiger partial charge on any atom is 0.238 e. The molecule has 1 N–H and O–H groups in total. The van der Waals surface area contributed by atoms with E-state index in [0.717, 1.165) is 5.69 Å². The second-order valence-electron chi connectivity index (χ2n) is 3.32. The lowest BCUT2D eigenvalue weighted by Crippen LogP contribution is -2.41. The predicted octanol–water partition coefficient (Wildman–Crippen LogP) is 0.709. The molecule has 5 heteroatoms. The van der Waals surface area contributed by atoms with Gasteiger partial charge in [-0.05, 0) is 6.92 Å². The van der Waals surface area contributed by atoms with Crippen LogP contribution in [0.1, 0.15) is 12.6 Å². The molecule has 14 heavy (non-hydrogen) atoms. The Hall–Kier alpha value is -0.940. The van der Waals surface area contributed by atoms with E-state index < -0.39 is 0 Å². The van der Waals surface area contributed by atoms with E-state index in [-0.39, 0.29) is 11.9 Å². The molecule has 78 valence electrons. The minimum absolute atomic E-state index is 0.0835. The van der Waals surface area contributed by atoms with Gasteiger partial charge in [-0.2, -0.15) is 0 Å². The van der Waals surface area contributed by atoms with Crippen molar-refractivity contribution in [2.75, 3.05) is 14.1 Å². The van der Waals surface area contributed by atoms with Crippen LogP contribution in [0.5, 0.6) is 0 Å². The Balaban J connectivity index is 2.35. The summed E-state index contributed by atoms with van der Waals surface area (Å²) in [6, 6.07) is -0.160. The Labute approximate surface area is 88.0 Å². The van der Waals surface area contributed by atoms with Crippen molar-refractivity contribution in [3.05, 3.63) is 16.6 Å². The lowest BCUT2D eigenvalue weighted by molar-refractivity contribution is -0.130. The molecule has 0 saturated heterocycles. The number of amides is 1. The molecule has 0 aliphatic rings. The molecule has 0 aliphatic heterocycles. The smallest absolute Gasteiger partial charge is 0.238 e. The Kier molecular flexibility index (Phi) is 4.03. The lowest BCUT2D eigenvalue weighted by Gasteiger charge is -2.17. The van der Waals surface area contributed by atoms with Crippen LogP contribution < -0.4 is 5.32 Å². The number of hydrogen-bond acceptors (Lipinski definition) is 4. The van der Waals surface area contributed by atoms with Crippen molar-refractivity contribution >= 4 is 17.2 Å². The molecule has 0 aromatic carbocycles. The molecule has 1 unspecified atom stereocenters. The standard InChI is InChI=1S/C9H15N3OS/c1-7(9(13)12(2)3)10-4-8-5-14-6-11-8/h5-7,10H,4H2,1-3H3. The van der Waals surface area contributed by atoms with Gasteiger partial charge < -0.3 is 10.2 Å². The highest BCUT2D eigenvalue weighted by Crippen LogP contribution is 2.00. The average molecular weight is 213 g/mol. The van der Waals surface area contributed by atoms with E-state index in [4.69, 9.17) is 0 Å². The minimum Gasteiger partial charge on any atom is -0.347 e. The first-order chi connectivity index (χ1) is 6.61. The molecule has 1 aromatic heterocycles. The van der Waals surface area contributed by atoms with E-state index in [2.05, 4.69) is 10.3 Å². The summed E-state index contributed by atoms with van der Waals surface area (Å²) >= 11 is 1.56. The number of carbonyl (C=O) groups excluding carboxylic acids is 1. The van der Waals surface area contributed by atoms with Crippen molar-refractivity contribution in [3.8, 4) is 0 Å². The van der Waals surface area contributed by atoms with Gasteiger partial charge in [0.1, 0.15) is 0 Å². The fourth-order valence-electron chi connectivity index (χ4n) is 1.06. The molecule has 0 spiro atoms. The molecule has 0 bridgehead atoms. The number of likely N-dealkylation sites (N-methyl/N-ethyl adjacent to an activating group) is 1. The summed E-state index contributed by atoms with van der Waals surface area (Å²) in [5, 5.41) is 5.09.